The van der Waals surface area contributed by atoms with Crippen molar-refractivity contribution in [3.8, 4) is 5.75 Å². The van der Waals surface area contributed by atoms with Crippen molar-refractivity contribution in [1.29, 1.82) is 0 Å². The predicted molar refractivity (Wildman–Crippen MR) is 96.1 cm³/mol. The molecule has 134 valence electrons. The number of nitrogens with zero attached hydrogens (tertiary/aromatic N) is 1. The molecular formula is C19H20BFN2O3. The second-order valence-corrected chi connectivity index (χ2v) is 8.11. The Morgan fingerprint density at radius 3 is 3.04 bits per heavy atom. The van der Waals surface area contributed by atoms with E-state index in [1.165, 1.54) is 6.92 Å². The molecule has 26 heavy (non-hydrogen) atoms. The van der Waals surface area contributed by atoms with Gasteiger partial charge in [0.05, 0.1) is 12.1 Å². The van der Waals surface area contributed by atoms with Crippen LogP contribution in [0.2, 0.25) is 0 Å². The first-order chi connectivity index (χ1) is 12.4. The molecule has 5 rings (SSSR count). The fraction of sp³-hybridized carbons (Fsp3) is 0.474. The Kier molecular flexibility index (Phi) is 3.35. The number of allylic oxidation sites excluding steroid dienone is 1. The molecule has 2 atom stereocenters. The summed E-state index contributed by atoms with van der Waals surface area (Å²) in [7, 11) is -0.977. The fourth-order valence-corrected chi connectivity index (χ4v) is 4.49. The first-order valence-corrected chi connectivity index (χ1v) is 9.17. The number of carbonyl (C=O) groups is 1. The number of Topliss-reactive ketones (excluding diaryl/α,β-unsaturated/α-hetero) is 1. The lowest BCUT2D eigenvalue weighted by atomic mass is 9.64. The molecule has 2 saturated carbocycles. The van der Waals surface area contributed by atoms with E-state index in [1.807, 2.05) is 12.3 Å². The van der Waals surface area contributed by atoms with E-state index in [4.69, 9.17) is 4.65 Å². The Morgan fingerprint density at radius 1 is 1.54 bits per heavy atom. The number of rotatable bonds is 4. The molecule has 7 heteroatoms. The summed E-state index contributed by atoms with van der Waals surface area (Å²) >= 11 is 0. The van der Waals surface area contributed by atoms with Crippen LogP contribution < -0.4 is 4.65 Å². The Labute approximate surface area is 150 Å². The number of halogens is 1. The smallest absolute Gasteiger partial charge is 0.531 e. The van der Waals surface area contributed by atoms with E-state index in [0.717, 1.165) is 35.0 Å². The molecule has 2 aromatic rings. The van der Waals surface area contributed by atoms with Crippen LogP contribution in [0.15, 0.2) is 24.4 Å². The van der Waals surface area contributed by atoms with Crippen LogP contribution in [0.5, 0.6) is 5.75 Å². The normalized spacial score (nSPS) is 32.5. The summed E-state index contributed by atoms with van der Waals surface area (Å²) in [6.45, 7) is 1.51. The summed E-state index contributed by atoms with van der Waals surface area (Å²) in [5.41, 5.74) is 1.56. The van der Waals surface area contributed by atoms with Gasteiger partial charge in [-0.15, -0.1) is 0 Å². The van der Waals surface area contributed by atoms with Crippen LogP contribution in [0.4, 0.5) is 4.39 Å². The average Bonchev–Trinajstić information content (AvgIpc) is 2.98. The van der Waals surface area contributed by atoms with Gasteiger partial charge in [0.1, 0.15) is 22.8 Å². The van der Waals surface area contributed by atoms with Gasteiger partial charge in [-0.3, -0.25) is 4.79 Å². The Morgan fingerprint density at radius 2 is 2.31 bits per heavy atom. The quantitative estimate of drug-likeness (QED) is 0.828. The summed E-state index contributed by atoms with van der Waals surface area (Å²) in [5, 5.41) is 11.0. The van der Waals surface area contributed by atoms with Gasteiger partial charge in [0.25, 0.3) is 0 Å². The van der Waals surface area contributed by atoms with Gasteiger partial charge in [-0.25, -0.2) is 9.37 Å². The molecule has 0 amide bonds. The third-order valence-corrected chi connectivity index (χ3v) is 6.13. The molecule has 2 aromatic heterocycles. The number of aromatic amines is 1. The number of fused-ring (bicyclic) bond motifs is 3. The monoisotopic (exact) mass is 354 g/mol. The van der Waals surface area contributed by atoms with Crippen molar-refractivity contribution >= 4 is 29.5 Å². The van der Waals surface area contributed by atoms with Crippen LogP contribution in [0, 0.1) is 17.8 Å². The Bertz CT molecular complexity index is 932. The number of pyridine rings is 1. The number of ketones is 1. The van der Waals surface area contributed by atoms with Crippen molar-refractivity contribution in [3.05, 3.63) is 30.0 Å². The highest BCUT2D eigenvalue weighted by Crippen LogP contribution is 2.52. The average molecular weight is 354 g/mol. The van der Waals surface area contributed by atoms with E-state index in [-0.39, 0.29) is 11.7 Å². The van der Waals surface area contributed by atoms with E-state index in [2.05, 4.69) is 9.97 Å². The van der Waals surface area contributed by atoms with Crippen LogP contribution >= 0.6 is 0 Å². The lowest BCUT2D eigenvalue weighted by Gasteiger charge is -2.38. The summed E-state index contributed by atoms with van der Waals surface area (Å²) < 4.78 is 19.2. The number of H-pyrrole nitrogens is 1. The lowest BCUT2D eigenvalue weighted by Crippen LogP contribution is -2.32. The minimum absolute atomic E-state index is 0.0667. The standard InChI is InChI=1S/C19H20BFN2O3/c1-19(21)7-14(19)15(24)6-10-4-11(5-10)13-8-20(25)26-16-9-23-18-12(17(13)16)2-3-22-18/h2-3,8-11,14,25H,4-7H2,1H3,(H,22,23). The molecule has 2 fully saturated rings. The Balaban J connectivity index is 1.34. The van der Waals surface area contributed by atoms with Crippen LogP contribution in [0.3, 0.4) is 0 Å². The van der Waals surface area contributed by atoms with Gasteiger partial charge in [-0.2, -0.15) is 0 Å². The van der Waals surface area contributed by atoms with Gasteiger partial charge in [-0.1, -0.05) is 0 Å². The minimum atomic E-state index is -1.28. The molecule has 1 aliphatic heterocycles. The van der Waals surface area contributed by atoms with Crippen molar-refractivity contribution in [3.63, 3.8) is 0 Å². The largest absolute Gasteiger partial charge is 0.552 e. The highest BCUT2D eigenvalue weighted by Gasteiger charge is 2.55. The van der Waals surface area contributed by atoms with E-state index < -0.39 is 18.7 Å². The first-order valence-electron chi connectivity index (χ1n) is 9.17. The third kappa shape index (κ3) is 2.48. The molecule has 5 nitrogen and oxygen atoms in total. The summed E-state index contributed by atoms with van der Waals surface area (Å²) in [6, 6.07) is 1.96. The number of carbonyl (C=O) groups excluding carboxylic acids is 1. The molecule has 2 unspecified atom stereocenters. The van der Waals surface area contributed by atoms with E-state index >= 15 is 0 Å². The van der Waals surface area contributed by atoms with Crippen molar-refractivity contribution in [2.24, 2.45) is 17.8 Å². The number of alkyl halides is 1. The van der Waals surface area contributed by atoms with Crippen LogP contribution in [-0.2, 0) is 4.79 Å². The van der Waals surface area contributed by atoms with E-state index in [1.54, 1.807) is 12.2 Å². The van der Waals surface area contributed by atoms with Gasteiger partial charge >= 0.3 is 7.12 Å². The third-order valence-electron chi connectivity index (χ3n) is 6.13. The first kappa shape index (κ1) is 16.1. The second-order valence-electron chi connectivity index (χ2n) is 8.11. The highest BCUT2D eigenvalue weighted by molar-refractivity contribution is 6.52. The molecule has 3 heterocycles. The fourth-order valence-electron chi connectivity index (χ4n) is 4.49. The molecular weight excluding hydrogens is 334 g/mol. The minimum Gasteiger partial charge on any atom is -0.531 e. The van der Waals surface area contributed by atoms with Gasteiger partial charge in [0, 0.05) is 23.6 Å². The number of nitrogens with one attached hydrogen (secondary N) is 1. The maximum atomic E-state index is 13.7. The number of hydrogen-bond donors (Lipinski definition) is 2. The summed E-state index contributed by atoms with van der Waals surface area (Å²) in [4.78, 5) is 19.6. The molecule has 0 radical (unpaired) electrons. The van der Waals surface area contributed by atoms with Gasteiger partial charge in [-0.05, 0) is 55.6 Å². The van der Waals surface area contributed by atoms with Crippen molar-refractivity contribution in [1.82, 2.24) is 9.97 Å². The maximum Gasteiger partial charge on any atom is 0.552 e. The molecule has 2 N–H and O–H groups in total. The number of aromatic nitrogens is 2. The van der Waals surface area contributed by atoms with Crippen molar-refractivity contribution < 1.29 is 18.9 Å². The van der Waals surface area contributed by atoms with Gasteiger partial charge in [0.15, 0.2) is 0 Å². The molecule has 2 aliphatic carbocycles. The molecule has 0 saturated heterocycles. The molecule has 3 aliphatic rings. The van der Waals surface area contributed by atoms with Crippen molar-refractivity contribution in [2.75, 3.05) is 0 Å². The van der Waals surface area contributed by atoms with Crippen molar-refractivity contribution in [2.45, 2.75) is 38.3 Å². The van der Waals surface area contributed by atoms with Gasteiger partial charge < -0.3 is 14.7 Å². The van der Waals surface area contributed by atoms with E-state index in [0.29, 0.717) is 24.5 Å². The van der Waals surface area contributed by atoms with Crippen LogP contribution in [-0.4, -0.2) is 33.6 Å². The Hall–Kier alpha value is -2.15. The maximum absolute atomic E-state index is 13.7. The topological polar surface area (TPSA) is 75.2 Å². The SMILES string of the molecule is CC1(F)CC1C(=O)CC1CC(C2=CB(O)Oc3cnc4[nH]ccc4c32)C1. The molecule has 0 bridgehead atoms. The molecule has 0 aromatic carbocycles. The zero-order chi connectivity index (χ0) is 18.1. The zero-order valence-corrected chi connectivity index (χ0v) is 14.5. The zero-order valence-electron chi connectivity index (χ0n) is 14.5. The lowest BCUT2D eigenvalue weighted by molar-refractivity contribution is -0.122. The number of hydrogen-bond acceptors (Lipinski definition) is 4. The summed E-state index contributed by atoms with van der Waals surface area (Å²) in [6.07, 6.45) is 6.09. The highest BCUT2D eigenvalue weighted by atomic mass is 19.1. The molecule has 0 spiro atoms. The van der Waals surface area contributed by atoms with Crippen LogP contribution in [0.25, 0.3) is 16.6 Å². The predicted octanol–water partition coefficient (Wildman–Crippen LogP) is 3.09. The van der Waals surface area contributed by atoms with E-state index in [9.17, 15) is 14.2 Å². The summed E-state index contributed by atoms with van der Waals surface area (Å²) in [5.74, 6) is 2.61. The van der Waals surface area contributed by atoms with Gasteiger partial charge in [0.2, 0.25) is 0 Å². The van der Waals surface area contributed by atoms with Crippen LogP contribution in [0.1, 0.15) is 38.2 Å². The second kappa shape index (κ2) is 5.43.